The van der Waals surface area contributed by atoms with Crippen LogP contribution in [0, 0.1) is 17.3 Å². The van der Waals surface area contributed by atoms with E-state index in [0.29, 0.717) is 5.92 Å². The fourth-order valence-corrected chi connectivity index (χ4v) is 2.64. The van der Waals surface area contributed by atoms with Gasteiger partial charge in [0.2, 0.25) is 5.91 Å². The second-order valence-corrected chi connectivity index (χ2v) is 5.49. The summed E-state index contributed by atoms with van der Waals surface area (Å²) in [5.41, 5.74) is 5.24. The molecule has 0 aromatic carbocycles. The molecule has 1 aliphatic rings. The lowest BCUT2D eigenvalue weighted by Crippen LogP contribution is -2.42. The summed E-state index contributed by atoms with van der Waals surface area (Å²) in [6.45, 7) is 6.53. The minimum atomic E-state index is -0.449. The van der Waals surface area contributed by atoms with Crippen LogP contribution in [0.5, 0.6) is 0 Å². The molecule has 2 unspecified atom stereocenters. The monoisotopic (exact) mass is 235 g/mol. The number of nitrogens with two attached hydrogens (primary N) is 1. The van der Waals surface area contributed by atoms with E-state index in [0.717, 1.165) is 25.7 Å². The standard InChI is InChI=1S/C15H25NO/c1-4-5-9-15(14(16)17)10-7-6-8-13(15)11-12(2)3/h6-8,10,12-13H,4-5,9,11H2,1-3H3,(H2,16,17). The molecule has 0 aromatic rings. The number of primary amides is 1. The molecule has 1 rings (SSSR count). The molecule has 0 spiro atoms. The first kappa shape index (κ1) is 14.0. The van der Waals surface area contributed by atoms with Crippen LogP contribution < -0.4 is 5.73 Å². The zero-order chi connectivity index (χ0) is 12.9. The van der Waals surface area contributed by atoms with Crippen LogP contribution in [-0.2, 0) is 4.79 Å². The smallest absolute Gasteiger partial charge is 0.228 e. The van der Waals surface area contributed by atoms with Crippen LogP contribution >= 0.6 is 0 Å². The first-order chi connectivity index (χ1) is 8.03. The number of rotatable bonds is 6. The molecule has 2 atom stereocenters. The molecule has 0 fully saturated rings. The number of hydrogen-bond acceptors (Lipinski definition) is 1. The molecule has 0 saturated carbocycles. The maximum atomic E-state index is 11.9. The SMILES string of the molecule is CCCCC1(C(N)=O)C=CC=CC1CC(C)C. The van der Waals surface area contributed by atoms with Crippen molar-refractivity contribution in [3.8, 4) is 0 Å². The lowest BCUT2D eigenvalue weighted by atomic mass is 9.66. The van der Waals surface area contributed by atoms with Crippen molar-refractivity contribution in [3.05, 3.63) is 24.3 Å². The van der Waals surface area contributed by atoms with Gasteiger partial charge in [0.05, 0.1) is 5.41 Å². The quantitative estimate of drug-likeness (QED) is 0.753. The first-order valence-corrected chi connectivity index (χ1v) is 6.69. The van der Waals surface area contributed by atoms with E-state index in [1.54, 1.807) is 0 Å². The third kappa shape index (κ3) is 3.21. The topological polar surface area (TPSA) is 43.1 Å². The van der Waals surface area contributed by atoms with Crippen molar-refractivity contribution in [2.45, 2.75) is 46.5 Å². The van der Waals surface area contributed by atoms with Crippen LogP contribution in [0.2, 0.25) is 0 Å². The van der Waals surface area contributed by atoms with Gasteiger partial charge in [-0.05, 0) is 24.7 Å². The zero-order valence-corrected chi connectivity index (χ0v) is 11.3. The fraction of sp³-hybridized carbons (Fsp3) is 0.667. The Kier molecular flexibility index (Phi) is 4.98. The molecule has 2 N–H and O–H groups in total. The third-order valence-corrected chi connectivity index (χ3v) is 3.64. The highest BCUT2D eigenvalue weighted by Crippen LogP contribution is 2.41. The molecular weight excluding hydrogens is 210 g/mol. The van der Waals surface area contributed by atoms with Crippen LogP contribution in [-0.4, -0.2) is 5.91 Å². The molecule has 0 heterocycles. The fourth-order valence-electron chi connectivity index (χ4n) is 2.64. The maximum absolute atomic E-state index is 11.9. The molecule has 0 saturated heterocycles. The van der Waals surface area contributed by atoms with Gasteiger partial charge >= 0.3 is 0 Å². The summed E-state index contributed by atoms with van der Waals surface area (Å²) in [4.78, 5) is 11.9. The zero-order valence-electron chi connectivity index (χ0n) is 11.3. The van der Waals surface area contributed by atoms with Crippen molar-refractivity contribution in [2.24, 2.45) is 23.0 Å². The number of hydrogen-bond donors (Lipinski definition) is 1. The average Bonchev–Trinajstić information content (AvgIpc) is 2.27. The number of allylic oxidation sites excluding steroid dienone is 3. The van der Waals surface area contributed by atoms with E-state index in [1.165, 1.54) is 0 Å². The Hall–Kier alpha value is -1.05. The molecule has 1 amide bonds. The molecule has 96 valence electrons. The summed E-state index contributed by atoms with van der Waals surface area (Å²) < 4.78 is 0. The molecular formula is C15H25NO. The van der Waals surface area contributed by atoms with Gasteiger partial charge in [0.15, 0.2) is 0 Å². The predicted molar refractivity (Wildman–Crippen MR) is 72.4 cm³/mol. The van der Waals surface area contributed by atoms with Crippen molar-refractivity contribution < 1.29 is 4.79 Å². The Labute approximate surface area is 105 Å². The van der Waals surface area contributed by atoms with Crippen molar-refractivity contribution in [2.75, 3.05) is 0 Å². The highest BCUT2D eigenvalue weighted by atomic mass is 16.1. The number of carbonyl (C=O) groups is 1. The van der Waals surface area contributed by atoms with E-state index >= 15 is 0 Å². The Morgan fingerprint density at radius 3 is 2.65 bits per heavy atom. The maximum Gasteiger partial charge on any atom is 0.228 e. The van der Waals surface area contributed by atoms with Gasteiger partial charge in [0, 0.05) is 0 Å². The van der Waals surface area contributed by atoms with Crippen LogP contribution in [0.1, 0.15) is 46.5 Å². The molecule has 0 aliphatic heterocycles. The van der Waals surface area contributed by atoms with E-state index in [9.17, 15) is 4.79 Å². The van der Waals surface area contributed by atoms with Gasteiger partial charge in [0.25, 0.3) is 0 Å². The van der Waals surface area contributed by atoms with Crippen LogP contribution in [0.4, 0.5) is 0 Å². The average molecular weight is 235 g/mol. The van der Waals surface area contributed by atoms with Gasteiger partial charge in [-0.25, -0.2) is 0 Å². The summed E-state index contributed by atoms with van der Waals surface area (Å²) in [5.74, 6) is 0.672. The van der Waals surface area contributed by atoms with Gasteiger partial charge in [-0.15, -0.1) is 0 Å². The highest BCUT2D eigenvalue weighted by molar-refractivity contribution is 5.84. The molecule has 17 heavy (non-hydrogen) atoms. The normalized spacial score (nSPS) is 27.6. The summed E-state index contributed by atoms with van der Waals surface area (Å²) in [5, 5.41) is 0. The Bertz CT molecular complexity index is 317. The predicted octanol–water partition coefficient (Wildman–Crippen LogP) is 3.44. The van der Waals surface area contributed by atoms with Gasteiger partial charge in [0.1, 0.15) is 0 Å². The van der Waals surface area contributed by atoms with Crippen molar-refractivity contribution in [1.29, 1.82) is 0 Å². The van der Waals surface area contributed by atoms with Crippen molar-refractivity contribution in [1.82, 2.24) is 0 Å². The van der Waals surface area contributed by atoms with Gasteiger partial charge in [-0.1, -0.05) is 57.9 Å². The third-order valence-electron chi connectivity index (χ3n) is 3.64. The summed E-state index contributed by atoms with van der Waals surface area (Å²) in [6.07, 6.45) is 12.2. The molecule has 0 radical (unpaired) electrons. The first-order valence-electron chi connectivity index (χ1n) is 6.69. The largest absolute Gasteiger partial charge is 0.369 e. The van der Waals surface area contributed by atoms with Gasteiger partial charge < -0.3 is 5.73 Å². The van der Waals surface area contributed by atoms with E-state index in [1.807, 2.05) is 18.2 Å². The number of unbranched alkanes of at least 4 members (excludes halogenated alkanes) is 1. The number of carbonyl (C=O) groups excluding carboxylic acids is 1. The molecule has 0 aromatic heterocycles. The summed E-state index contributed by atoms with van der Waals surface area (Å²) in [7, 11) is 0. The Morgan fingerprint density at radius 1 is 1.41 bits per heavy atom. The van der Waals surface area contributed by atoms with E-state index in [2.05, 4.69) is 26.8 Å². The highest BCUT2D eigenvalue weighted by Gasteiger charge is 2.41. The molecule has 2 heteroatoms. The van der Waals surface area contributed by atoms with Crippen LogP contribution in [0.15, 0.2) is 24.3 Å². The van der Waals surface area contributed by atoms with Crippen LogP contribution in [0.25, 0.3) is 0 Å². The second kappa shape index (κ2) is 6.04. The van der Waals surface area contributed by atoms with Crippen molar-refractivity contribution >= 4 is 5.91 Å². The lowest BCUT2D eigenvalue weighted by Gasteiger charge is -2.37. The Balaban J connectivity index is 2.93. The second-order valence-electron chi connectivity index (χ2n) is 5.49. The van der Waals surface area contributed by atoms with E-state index in [4.69, 9.17) is 5.73 Å². The van der Waals surface area contributed by atoms with Gasteiger partial charge in [-0.3, -0.25) is 4.79 Å². The van der Waals surface area contributed by atoms with E-state index in [-0.39, 0.29) is 11.8 Å². The lowest BCUT2D eigenvalue weighted by molar-refractivity contribution is -0.127. The Morgan fingerprint density at radius 2 is 2.12 bits per heavy atom. The molecule has 0 bridgehead atoms. The number of amides is 1. The molecule has 2 nitrogen and oxygen atoms in total. The summed E-state index contributed by atoms with van der Waals surface area (Å²) >= 11 is 0. The van der Waals surface area contributed by atoms with Gasteiger partial charge in [-0.2, -0.15) is 0 Å². The minimum absolute atomic E-state index is 0.169. The molecule has 1 aliphatic carbocycles. The van der Waals surface area contributed by atoms with Crippen molar-refractivity contribution in [3.63, 3.8) is 0 Å². The van der Waals surface area contributed by atoms with Crippen LogP contribution in [0.3, 0.4) is 0 Å². The van der Waals surface area contributed by atoms with E-state index < -0.39 is 5.41 Å². The minimum Gasteiger partial charge on any atom is -0.369 e. The summed E-state index contributed by atoms with van der Waals surface area (Å²) in [6, 6.07) is 0.